The number of hydrogen-bond acceptors (Lipinski definition) is 2. The molecular weight excluding hydrogens is 138 g/mol. The molecule has 0 unspecified atom stereocenters. The number of rotatable bonds is 3. The molecule has 2 nitrogen and oxygen atoms in total. The van der Waals surface area contributed by atoms with Gasteiger partial charge >= 0.3 is 0 Å². The first-order valence-corrected chi connectivity index (χ1v) is 4.17. The maximum absolute atomic E-state index is 8.87. The molecular formula is C9H15NO. The molecule has 0 aromatic rings. The summed E-state index contributed by atoms with van der Waals surface area (Å²) in [4.78, 5) is 0. The molecule has 1 saturated carbocycles. The third-order valence-corrected chi connectivity index (χ3v) is 2.06. The first-order chi connectivity index (χ1) is 5.08. The van der Waals surface area contributed by atoms with Crippen LogP contribution in [0.15, 0.2) is 0 Å². The van der Waals surface area contributed by atoms with Crippen LogP contribution in [0.1, 0.15) is 33.6 Å². The minimum Gasteiger partial charge on any atom is -0.357 e. The van der Waals surface area contributed by atoms with Crippen molar-refractivity contribution in [2.24, 2.45) is 5.92 Å². The molecule has 1 rings (SSSR count). The van der Waals surface area contributed by atoms with Crippen LogP contribution in [0, 0.1) is 17.2 Å². The minimum absolute atomic E-state index is 0.153. The van der Waals surface area contributed by atoms with Gasteiger partial charge in [0.15, 0.2) is 5.60 Å². The summed E-state index contributed by atoms with van der Waals surface area (Å²) in [6.07, 6.45) is 2.45. The molecule has 0 saturated heterocycles. The van der Waals surface area contributed by atoms with Crippen LogP contribution >= 0.6 is 0 Å². The highest BCUT2D eigenvalue weighted by molar-refractivity contribution is 5.08. The zero-order valence-corrected chi connectivity index (χ0v) is 7.42. The Hall–Kier alpha value is -0.550. The van der Waals surface area contributed by atoms with E-state index in [1.807, 2.05) is 20.8 Å². The third kappa shape index (κ3) is 1.94. The Balaban J connectivity index is 2.53. The van der Waals surface area contributed by atoms with Crippen LogP contribution < -0.4 is 0 Å². The zero-order valence-electron chi connectivity index (χ0n) is 7.42. The number of ether oxygens (including phenoxy) is 1. The fraction of sp³-hybridized carbons (Fsp3) is 0.889. The summed E-state index contributed by atoms with van der Waals surface area (Å²) in [6, 6.07) is 2.25. The van der Waals surface area contributed by atoms with Crippen molar-refractivity contribution in [2.45, 2.75) is 45.3 Å². The molecule has 0 aromatic carbocycles. The number of hydrogen-bond donors (Lipinski definition) is 0. The van der Waals surface area contributed by atoms with Crippen molar-refractivity contribution >= 4 is 0 Å². The molecule has 0 radical (unpaired) electrons. The molecule has 2 heteroatoms. The Morgan fingerprint density at radius 3 is 2.36 bits per heavy atom. The Bertz CT molecular complexity index is 178. The van der Waals surface area contributed by atoms with Gasteiger partial charge < -0.3 is 4.74 Å². The summed E-state index contributed by atoms with van der Waals surface area (Å²) in [6.45, 7) is 5.83. The van der Waals surface area contributed by atoms with Crippen LogP contribution in [0.4, 0.5) is 0 Å². The third-order valence-electron chi connectivity index (χ3n) is 2.06. The molecule has 62 valence electrons. The molecule has 1 fully saturated rings. The van der Waals surface area contributed by atoms with Crippen LogP contribution in [0.3, 0.4) is 0 Å². The second kappa shape index (κ2) is 2.83. The number of nitrogens with zero attached hydrogens (tertiary/aromatic N) is 1. The van der Waals surface area contributed by atoms with E-state index in [0.717, 1.165) is 12.8 Å². The normalized spacial score (nSPS) is 22.8. The Labute approximate surface area is 68.2 Å². The van der Waals surface area contributed by atoms with Crippen molar-refractivity contribution in [2.75, 3.05) is 0 Å². The molecule has 1 aliphatic rings. The molecule has 1 aliphatic carbocycles. The monoisotopic (exact) mass is 153 g/mol. The summed E-state index contributed by atoms with van der Waals surface area (Å²) in [5.74, 6) is 0.481. The van der Waals surface area contributed by atoms with Gasteiger partial charge in [0, 0.05) is 5.92 Å². The van der Waals surface area contributed by atoms with Crippen molar-refractivity contribution < 1.29 is 4.74 Å². The van der Waals surface area contributed by atoms with E-state index >= 15 is 0 Å². The molecule has 1 atom stereocenters. The summed E-state index contributed by atoms with van der Waals surface area (Å²) in [5.41, 5.74) is -0.520. The number of nitriles is 1. The standard InChI is InChI=1S/C9H15NO/c1-7(2)11-9(3,6-10)8-4-5-8/h7-8H,4-5H2,1-3H3/t9-/m1/s1. The van der Waals surface area contributed by atoms with Crippen LogP contribution in [0.5, 0.6) is 0 Å². The van der Waals surface area contributed by atoms with Crippen molar-refractivity contribution in [1.29, 1.82) is 5.26 Å². The van der Waals surface area contributed by atoms with Crippen LogP contribution in [-0.4, -0.2) is 11.7 Å². The summed E-state index contributed by atoms with van der Waals surface area (Å²) >= 11 is 0. The maximum atomic E-state index is 8.87. The van der Waals surface area contributed by atoms with Gasteiger partial charge in [-0.2, -0.15) is 5.26 Å². The van der Waals surface area contributed by atoms with E-state index in [9.17, 15) is 0 Å². The topological polar surface area (TPSA) is 33.0 Å². The second-order valence-electron chi connectivity index (χ2n) is 3.66. The predicted molar refractivity (Wildman–Crippen MR) is 43.0 cm³/mol. The first-order valence-electron chi connectivity index (χ1n) is 4.17. The van der Waals surface area contributed by atoms with Crippen molar-refractivity contribution in [3.8, 4) is 6.07 Å². The van der Waals surface area contributed by atoms with E-state index in [-0.39, 0.29) is 6.10 Å². The lowest BCUT2D eigenvalue weighted by molar-refractivity contribution is -0.0436. The average molecular weight is 153 g/mol. The SMILES string of the molecule is CC(C)O[C@](C)(C#N)C1CC1. The lowest BCUT2D eigenvalue weighted by Gasteiger charge is -2.24. The lowest BCUT2D eigenvalue weighted by Crippen LogP contribution is -2.32. The molecule has 0 aromatic heterocycles. The highest BCUT2D eigenvalue weighted by atomic mass is 16.5. The van der Waals surface area contributed by atoms with E-state index < -0.39 is 5.60 Å². The molecule has 11 heavy (non-hydrogen) atoms. The van der Waals surface area contributed by atoms with E-state index in [1.54, 1.807) is 0 Å². The minimum atomic E-state index is -0.520. The van der Waals surface area contributed by atoms with Gasteiger partial charge in [0.25, 0.3) is 0 Å². The highest BCUT2D eigenvalue weighted by Crippen LogP contribution is 2.41. The highest BCUT2D eigenvalue weighted by Gasteiger charge is 2.43. The van der Waals surface area contributed by atoms with Gasteiger partial charge in [-0.05, 0) is 33.6 Å². The van der Waals surface area contributed by atoms with Crippen LogP contribution in [0.25, 0.3) is 0 Å². The lowest BCUT2D eigenvalue weighted by atomic mass is 10.0. The largest absolute Gasteiger partial charge is 0.357 e. The maximum Gasteiger partial charge on any atom is 0.154 e. The molecule has 0 spiro atoms. The van der Waals surface area contributed by atoms with Crippen molar-refractivity contribution in [3.05, 3.63) is 0 Å². The molecule has 0 bridgehead atoms. The fourth-order valence-corrected chi connectivity index (χ4v) is 1.34. The van der Waals surface area contributed by atoms with Gasteiger partial charge in [0.05, 0.1) is 12.2 Å². The van der Waals surface area contributed by atoms with Crippen molar-refractivity contribution in [1.82, 2.24) is 0 Å². The average Bonchev–Trinajstić information content (AvgIpc) is 2.66. The summed E-state index contributed by atoms with van der Waals surface area (Å²) < 4.78 is 5.55. The summed E-state index contributed by atoms with van der Waals surface area (Å²) in [5, 5.41) is 8.87. The van der Waals surface area contributed by atoms with Gasteiger partial charge in [-0.3, -0.25) is 0 Å². The quantitative estimate of drug-likeness (QED) is 0.622. The van der Waals surface area contributed by atoms with Gasteiger partial charge in [-0.25, -0.2) is 0 Å². The molecule has 0 N–H and O–H groups in total. The van der Waals surface area contributed by atoms with E-state index in [0.29, 0.717) is 5.92 Å². The van der Waals surface area contributed by atoms with Gasteiger partial charge in [-0.15, -0.1) is 0 Å². The van der Waals surface area contributed by atoms with Crippen LogP contribution in [0.2, 0.25) is 0 Å². The smallest absolute Gasteiger partial charge is 0.154 e. The van der Waals surface area contributed by atoms with Crippen molar-refractivity contribution in [3.63, 3.8) is 0 Å². The second-order valence-corrected chi connectivity index (χ2v) is 3.66. The van der Waals surface area contributed by atoms with Gasteiger partial charge in [0.2, 0.25) is 0 Å². The van der Waals surface area contributed by atoms with E-state index in [1.165, 1.54) is 0 Å². The van der Waals surface area contributed by atoms with Gasteiger partial charge in [0.1, 0.15) is 0 Å². The van der Waals surface area contributed by atoms with Crippen LogP contribution in [-0.2, 0) is 4.74 Å². The first kappa shape index (κ1) is 8.55. The zero-order chi connectivity index (χ0) is 8.48. The van der Waals surface area contributed by atoms with E-state index in [4.69, 9.17) is 10.00 Å². The Kier molecular flexibility index (Phi) is 2.20. The van der Waals surface area contributed by atoms with Gasteiger partial charge in [-0.1, -0.05) is 0 Å². The molecule has 0 aliphatic heterocycles. The fourth-order valence-electron chi connectivity index (χ4n) is 1.34. The Morgan fingerprint density at radius 1 is 1.55 bits per heavy atom. The molecule has 0 amide bonds. The predicted octanol–water partition coefficient (Wildman–Crippen LogP) is 2.10. The van der Waals surface area contributed by atoms with E-state index in [2.05, 4.69) is 6.07 Å². The molecule has 0 heterocycles. The Morgan fingerprint density at radius 2 is 2.09 bits per heavy atom. The summed E-state index contributed by atoms with van der Waals surface area (Å²) in [7, 11) is 0.